The van der Waals surface area contributed by atoms with Crippen LogP contribution in [0.5, 0.6) is 0 Å². The van der Waals surface area contributed by atoms with Crippen LogP contribution in [0.25, 0.3) is 0 Å². The fourth-order valence-electron chi connectivity index (χ4n) is 1.83. The van der Waals surface area contributed by atoms with Crippen molar-refractivity contribution in [1.29, 1.82) is 0 Å². The highest BCUT2D eigenvalue weighted by molar-refractivity contribution is 4.68. The monoisotopic (exact) mass is 170 g/mol. The van der Waals surface area contributed by atoms with E-state index in [1.807, 2.05) is 0 Å². The van der Waals surface area contributed by atoms with Gasteiger partial charge in [-0.1, -0.05) is 0 Å². The summed E-state index contributed by atoms with van der Waals surface area (Å²) in [5.41, 5.74) is 0. The van der Waals surface area contributed by atoms with Gasteiger partial charge in [0.15, 0.2) is 0 Å². The maximum Gasteiger partial charge on any atom is 0.00386 e. The Bertz CT molecular complexity index is 113. The minimum Gasteiger partial charge on any atom is -0.306 e. The van der Waals surface area contributed by atoms with Crippen molar-refractivity contribution in [3.63, 3.8) is 0 Å². The number of hydrogen-bond acceptors (Lipinski definition) is 2. The van der Waals surface area contributed by atoms with Crippen LogP contribution in [0.4, 0.5) is 0 Å². The predicted molar refractivity (Wildman–Crippen MR) is 53.4 cm³/mol. The summed E-state index contributed by atoms with van der Waals surface area (Å²) in [6.07, 6.45) is 2.66. The molecule has 0 saturated carbocycles. The van der Waals surface area contributed by atoms with E-state index in [-0.39, 0.29) is 0 Å². The summed E-state index contributed by atoms with van der Waals surface area (Å²) < 4.78 is 0. The molecular formula is C10H22N2. The molecule has 2 heteroatoms. The molecule has 72 valence electrons. The number of rotatable bonds is 1. The van der Waals surface area contributed by atoms with E-state index >= 15 is 0 Å². The zero-order valence-corrected chi connectivity index (χ0v) is 8.71. The molecule has 1 aliphatic heterocycles. The topological polar surface area (TPSA) is 6.48 Å². The Labute approximate surface area is 76.5 Å². The smallest absolute Gasteiger partial charge is 0.00386 e. The highest BCUT2D eigenvalue weighted by Crippen LogP contribution is 2.05. The molecule has 0 atom stereocenters. The van der Waals surface area contributed by atoms with Crippen LogP contribution in [0.15, 0.2) is 0 Å². The maximum atomic E-state index is 2.59. The van der Waals surface area contributed by atoms with Crippen LogP contribution in [-0.2, 0) is 0 Å². The molecule has 1 aliphatic rings. The van der Waals surface area contributed by atoms with Crippen molar-refractivity contribution in [2.75, 3.05) is 33.2 Å². The van der Waals surface area contributed by atoms with Crippen LogP contribution >= 0.6 is 0 Å². The molecule has 12 heavy (non-hydrogen) atoms. The van der Waals surface area contributed by atoms with Crippen LogP contribution in [-0.4, -0.2) is 49.1 Å². The Morgan fingerprint density at radius 1 is 0.917 bits per heavy atom. The first-order valence-corrected chi connectivity index (χ1v) is 5.13. The van der Waals surface area contributed by atoms with Crippen molar-refractivity contribution in [3.05, 3.63) is 0 Å². The van der Waals surface area contributed by atoms with Gasteiger partial charge in [0.2, 0.25) is 0 Å². The molecule has 1 heterocycles. The third-order valence-electron chi connectivity index (χ3n) is 2.70. The molecule has 2 nitrogen and oxygen atoms in total. The normalized spacial score (nSPS) is 24.0. The Kier molecular flexibility index (Phi) is 4.02. The standard InChI is InChI=1S/C10H22N2/c1-10(2)12-8-4-6-11(3)7-5-9-12/h10H,4-9H2,1-3H3. The maximum absolute atomic E-state index is 2.59. The van der Waals surface area contributed by atoms with E-state index in [1.54, 1.807) is 0 Å². The molecule has 0 N–H and O–H groups in total. The van der Waals surface area contributed by atoms with Gasteiger partial charge in [-0.3, -0.25) is 0 Å². The zero-order valence-electron chi connectivity index (χ0n) is 8.71. The summed E-state index contributed by atoms with van der Waals surface area (Å²) in [5, 5.41) is 0. The molecule has 0 aliphatic carbocycles. The molecule has 0 amide bonds. The van der Waals surface area contributed by atoms with E-state index < -0.39 is 0 Å². The lowest BCUT2D eigenvalue weighted by Crippen LogP contribution is -2.38. The summed E-state index contributed by atoms with van der Waals surface area (Å²) in [5.74, 6) is 0. The molecule has 1 rings (SSSR count). The van der Waals surface area contributed by atoms with E-state index in [0.29, 0.717) is 0 Å². The van der Waals surface area contributed by atoms with Gasteiger partial charge >= 0.3 is 0 Å². The highest BCUT2D eigenvalue weighted by Gasteiger charge is 2.12. The van der Waals surface area contributed by atoms with Crippen LogP contribution in [0.2, 0.25) is 0 Å². The van der Waals surface area contributed by atoms with E-state index in [4.69, 9.17) is 0 Å². The van der Waals surface area contributed by atoms with E-state index in [9.17, 15) is 0 Å². The number of nitrogens with zero attached hydrogens (tertiary/aromatic N) is 2. The molecule has 0 radical (unpaired) electrons. The molecule has 1 fully saturated rings. The van der Waals surface area contributed by atoms with Gasteiger partial charge in [-0.15, -0.1) is 0 Å². The van der Waals surface area contributed by atoms with Gasteiger partial charge in [0, 0.05) is 6.04 Å². The molecule has 0 aromatic heterocycles. The molecule has 0 spiro atoms. The van der Waals surface area contributed by atoms with Crippen molar-refractivity contribution in [1.82, 2.24) is 9.80 Å². The first kappa shape index (κ1) is 10.0. The van der Waals surface area contributed by atoms with Crippen LogP contribution in [0.3, 0.4) is 0 Å². The van der Waals surface area contributed by atoms with E-state index in [2.05, 4.69) is 30.7 Å². The quantitative estimate of drug-likeness (QED) is 0.587. The van der Waals surface area contributed by atoms with Gasteiger partial charge in [-0.2, -0.15) is 0 Å². The van der Waals surface area contributed by atoms with Crippen molar-refractivity contribution in [2.45, 2.75) is 32.7 Å². The van der Waals surface area contributed by atoms with Crippen LogP contribution in [0, 0.1) is 0 Å². The Morgan fingerprint density at radius 3 is 1.83 bits per heavy atom. The molecule has 0 aromatic rings. The third-order valence-corrected chi connectivity index (χ3v) is 2.70. The Balaban J connectivity index is 2.30. The second kappa shape index (κ2) is 4.83. The Morgan fingerprint density at radius 2 is 1.42 bits per heavy atom. The summed E-state index contributed by atoms with van der Waals surface area (Å²) >= 11 is 0. The van der Waals surface area contributed by atoms with Crippen LogP contribution in [0.1, 0.15) is 26.7 Å². The molecular weight excluding hydrogens is 148 g/mol. The van der Waals surface area contributed by atoms with Gasteiger partial charge < -0.3 is 9.80 Å². The van der Waals surface area contributed by atoms with Crippen molar-refractivity contribution >= 4 is 0 Å². The largest absolute Gasteiger partial charge is 0.306 e. The van der Waals surface area contributed by atoms with E-state index in [0.717, 1.165) is 6.04 Å². The lowest BCUT2D eigenvalue weighted by molar-refractivity contribution is 0.171. The minimum atomic E-state index is 0.730. The second-order valence-electron chi connectivity index (χ2n) is 4.14. The second-order valence-corrected chi connectivity index (χ2v) is 4.14. The average molecular weight is 170 g/mol. The van der Waals surface area contributed by atoms with Crippen molar-refractivity contribution < 1.29 is 0 Å². The molecule has 0 bridgehead atoms. The predicted octanol–water partition coefficient (Wildman–Crippen LogP) is 1.42. The average Bonchev–Trinajstić information content (AvgIpc) is 1.95. The molecule has 0 aromatic carbocycles. The fraction of sp³-hybridized carbons (Fsp3) is 1.00. The zero-order chi connectivity index (χ0) is 8.97. The van der Waals surface area contributed by atoms with Gasteiger partial charge in [-0.05, 0) is 59.9 Å². The van der Waals surface area contributed by atoms with Gasteiger partial charge in [0.25, 0.3) is 0 Å². The van der Waals surface area contributed by atoms with Gasteiger partial charge in [-0.25, -0.2) is 0 Å². The first-order valence-electron chi connectivity index (χ1n) is 5.13. The minimum absolute atomic E-state index is 0.730. The Hall–Kier alpha value is -0.0800. The first-order chi connectivity index (χ1) is 5.70. The van der Waals surface area contributed by atoms with Crippen molar-refractivity contribution in [2.24, 2.45) is 0 Å². The van der Waals surface area contributed by atoms with Gasteiger partial charge in [0.05, 0.1) is 0 Å². The third kappa shape index (κ3) is 3.11. The molecule has 1 saturated heterocycles. The summed E-state index contributed by atoms with van der Waals surface area (Å²) in [4.78, 5) is 5.03. The van der Waals surface area contributed by atoms with E-state index in [1.165, 1.54) is 39.0 Å². The lowest BCUT2D eigenvalue weighted by atomic mass is 10.2. The van der Waals surface area contributed by atoms with Crippen molar-refractivity contribution in [3.8, 4) is 0 Å². The highest BCUT2D eigenvalue weighted by atomic mass is 15.2. The number of hydrogen-bond donors (Lipinski definition) is 0. The SMILES string of the molecule is CC(C)N1CCCN(C)CCC1. The summed E-state index contributed by atoms with van der Waals surface area (Å²) in [6.45, 7) is 9.69. The summed E-state index contributed by atoms with van der Waals surface area (Å²) in [6, 6.07) is 0.730. The fourth-order valence-corrected chi connectivity index (χ4v) is 1.83. The van der Waals surface area contributed by atoms with Crippen LogP contribution < -0.4 is 0 Å². The molecule has 0 unspecified atom stereocenters. The summed E-state index contributed by atoms with van der Waals surface area (Å²) in [7, 11) is 2.23. The van der Waals surface area contributed by atoms with Gasteiger partial charge in [0.1, 0.15) is 0 Å². The lowest BCUT2D eigenvalue weighted by Gasteiger charge is -2.30.